The minimum absolute atomic E-state index is 0.0535. The van der Waals surface area contributed by atoms with E-state index in [1.807, 2.05) is 0 Å². The molecule has 0 heterocycles. The van der Waals surface area contributed by atoms with Crippen LogP contribution in [0, 0.1) is 11.3 Å². The molecule has 2 aliphatic carbocycles. The summed E-state index contributed by atoms with van der Waals surface area (Å²) in [5.41, 5.74) is 13.5. The highest BCUT2D eigenvalue weighted by Gasteiger charge is 2.44. The summed E-state index contributed by atoms with van der Waals surface area (Å²) in [6.07, 6.45) is 13.5. The molecule has 2 unspecified atom stereocenters. The smallest absolute Gasteiger partial charge is 0.0303 e. The van der Waals surface area contributed by atoms with Crippen LogP contribution in [0.25, 0.3) is 11.1 Å². The fourth-order valence-electron chi connectivity index (χ4n) is 7.25. The van der Waals surface area contributed by atoms with Crippen LogP contribution in [0.3, 0.4) is 0 Å². The van der Waals surface area contributed by atoms with Crippen molar-refractivity contribution in [2.24, 2.45) is 11.3 Å². The van der Waals surface area contributed by atoms with Gasteiger partial charge in [-0.05, 0) is 79.2 Å². The van der Waals surface area contributed by atoms with E-state index >= 15 is 0 Å². The summed E-state index contributed by atoms with van der Waals surface area (Å²) in [7, 11) is 0. The summed E-state index contributed by atoms with van der Waals surface area (Å²) in [6, 6.07) is 24.0. The zero-order chi connectivity index (χ0) is 30.5. The largest absolute Gasteiger partial charge is 0.0761 e. The average Bonchev–Trinajstić information content (AvgIpc) is 3.56. The fourth-order valence-corrected chi connectivity index (χ4v) is 7.25. The Morgan fingerprint density at radius 1 is 0.667 bits per heavy atom. The van der Waals surface area contributed by atoms with Gasteiger partial charge in [-0.1, -0.05) is 167 Å². The van der Waals surface area contributed by atoms with E-state index in [2.05, 4.69) is 148 Å². The first-order valence-electron chi connectivity index (χ1n) is 16.4. The molecule has 0 bridgehead atoms. The van der Waals surface area contributed by atoms with Gasteiger partial charge in [0.05, 0.1) is 0 Å². The van der Waals surface area contributed by atoms with Gasteiger partial charge in [-0.15, -0.1) is 0 Å². The molecule has 0 amide bonds. The minimum Gasteiger partial charge on any atom is -0.0761 e. The number of allylic oxidation sites excluding steroid dienone is 4. The first kappa shape index (κ1) is 30.6. The van der Waals surface area contributed by atoms with Gasteiger partial charge in [0, 0.05) is 11.3 Å². The molecule has 2 atom stereocenters. The van der Waals surface area contributed by atoms with Crippen molar-refractivity contribution in [3.63, 3.8) is 0 Å². The van der Waals surface area contributed by atoms with E-state index in [0.717, 1.165) is 12.8 Å². The van der Waals surface area contributed by atoms with Crippen LogP contribution in [0.5, 0.6) is 0 Å². The van der Waals surface area contributed by atoms with Crippen LogP contribution in [-0.4, -0.2) is 0 Å². The molecule has 0 aliphatic heterocycles. The van der Waals surface area contributed by atoms with Crippen molar-refractivity contribution >= 4 is 0 Å². The lowest BCUT2D eigenvalue weighted by molar-refractivity contribution is 0.384. The van der Waals surface area contributed by atoms with E-state index in [4.69, 9.17) is 0 Å². The maximum atomic E-state index is 2.63. The molecule has 0 N–H and O–H groups in total. The summed E-state index contributed by atoms with van der Waals surface area (Å²) >= 11 is 0. The lowest BCUT2D eigenvalue weighted by atomic mass is 9.61. The molecule has 0 aromatic heterocycles. The first-order valence-corrected chi connectivity index (χ1v) is 16.4. The van der Waals surface area contributed by atoms with E-state index < -0.39 is 0 Å². The Bertz CT molecular complexity index is 1490. The highest BCUT2D eigenvalue weighted by Crippen LogP contribution is 2.54. The van der Waals surface area contributed by atoms with Gasteiger partial charge in [0.15, 0.2) is 0 Å². The Labute approximate surface area is 257 Å². The molecular weight excluding hydrogens is 504 g/mol. The summed E-state index contributed by atoms with van der Waals surface area (Å²) < 4.78 is 0. The lowest BCUT2D eigenvalue weighted by Crippen LogP contribution is -2.36. The normalized spacial score (nSPS) is 18.0. The van der Waals surface area contributed by atoms with E-state index in [9.17, 15) is 0 Å². The van der Waals surface area contributed by atoms with E-state index in [-0.39, 0.29) is 21.7 Å². The monoisotopic (exact) mass is 558 g/mol. The number of hydrogen-bond donors (Lipinski definition) is 0. The van der Waals surface area contributed by atoms with Gasteiger partial charge in [0.25, 0.3) is 0 Å². The lowest BCUT2D eigenvalue weighted by Gasteiger charge is -2.42. The van der Waals surface area contributed by atoms with Crippen LogP contribution in [-0.2, 0) is 22.7 Å². The average molecular weight is 559 g/mol. The Balaban J connectivity index is 1.85. The first-order chi connectivity index (χ1) is 19.7. The zero-order valence-corrected chi connectivity index (χ0v) is 28.1. The number of unbranched alkanes of at least 4 members (excludes halogenated alkanes) is 2. The van der Waals surface area contributed by atoms with E-state index in [1.54, 1.807) is 11.1 Å². The maximum Gasteiger partial charge on any atom is 0.0303 e. The summed E-state index contributed by atoms with van der Waals surface area (Å²) in [6.45, 7) is 23.6. The molecule has 0 saturated heterocycles. The number of hydrogen-bond acceptors (Lipinski definition) is 0. The molecule has 222 valence electrons. The Morgan fingerprint density at radius 3 is 1.93 bits per heavy atom. The van der Waals surface area contributed by atoms with Crippen LogP contribution in [0.4, 0.5) is 0 Å². The van der Waals surface area contributed by atoms with Gasteiger partial charge in [-0.3, -0.25) is 0 Å². The number of benzene rings is 3. The molecule has 3 aromatic rings. The van der Waals surface area contributed by atoms with Crippen molar-refractivity contribution in [2.75, 3.05) is 0 Å². The molecule has 0 heteroatoms. The predicted molar refractivity (Wildman–Crippen MR) is 184 cm³/mol. The summed E-state index contributed by atoms with van der Waals surface area (Å²) in [4.78, 5) is 0. The second-order valence-corrected chi connectivity index (χ2v) is 16.2. The van der Waals surface area contributed by atoms with E-state index in [0.29, 0.717) is 5.92 Å². The van der Waals surface area contributed by atoms with Crippen molar-refractivity contribution in [1.82, 2.24) is 0 Å². The van der Waals surface area contributed by atoms with Gasteiger partial charge in [-0.2, -0.15) is 0 Å². The number of rotatable bonds is 7. The second kappa shape index (κ2) is 11.0. The van der Waals surface area contributed by atoms with Gasteiger partial charge in [0.2, 0.25) is 0 Å². The van der Waals surface area contributed by atoms with Crippen LogP contribution in [0.1, 0.15) is 128 Å². The quantitative estimate of drug-likeness (QED) is 0.198. The van der Waals surface area contributed by atoms with Crippen LogP contribution < -0.4 is 0 Å². The Kier molecular flexibility index (Phi) is 8.02. The van der Waals surface area contributed by atoms with E-state index in [1.165, 1.54) is 58.2 Å². The third-order valence-corrected chi connectivity index (χ3v) is 9.97. The van der Waals surface area contributed by atoms with Gasteiger partial charge < -0.3 is 0 Å². The standard InChI is InChI=1S/C42H54/c1-11-12-16-23-42(30-17-14-13-15-18-30,33-22-21-31(25-33)39(2,3)4)38-28-34(41(8,9)10)27-36-35-26-32(40(5,6)7)20-19-29(35)24-37(36)38/h13-15,17-22,25-28,33H,11-12,16,23-24H2,1-10H3. The molecule has 0 radical (unpaired) electrons. The minimum atomic E-state index is -0.125. The molecule has 3 aromatic carbocycles. The molecule has 5 rings (SSSR count). The van der Waals surface area contributed by atoms with Crippen LogP contribution >= 0.6 is 0 Å². The zero-order valence-electron chi connectivity index (χ0n) is 28.1. The maximum absolute atomic E-state index is 2.63. The van der Waals surface area contributed by atoms with Gasteiger partial charge >= 0.3 is 0 Å². The second-order valence-electron chi connectivity index (χ2n) is 16.2. The Hall–Kier alpha value is -2.86. The Morgan fingerprint density at radius 2 is 1.33 bits per heavy atom. The van der Waals surface area contributed by atoms with Crippen molar-refractivity contribution in [3.05, 3.63) is 118 Å². The molecule has 0 spiro atoms. The van der Waals surface area contributed by atoms with Crippen molar-refractivity contribution in [2.45, 2.75) is 118 Å². The van der Waals surface area contributed by atoms with Crippen molar-refractivity contribution in [3.8, 4) is 11.1 Å². The molecule has 0 fully saturated rings. The van der Waals surface area contributed by atoms with Crippen LogP contribution in [0.2, 0.25) is 0 Å². The third kappa shape index (κ3) is 5.59. The number of fused-ring (bicyclic) bond motifs is 3. The molecule has 0 nitrogen and oxygen atoms in total. The van der Waals surface area contributed by atoms with Gasteiger partial charge in [-0.25, -0.2) is 0 Å². The molecular formula is C42H54. The SMILES string of the molecule is CCCCCC(c1ccccc1)(c1cc(C(C)(C)C)cc2c1Cc1ccc(C(C)(C)C)cc1-2)C1C=CC(C(C)(C)C)=C1. The fraction of sp³-hybridized carbons (Fsp3) is 0.476. The molecule has 0 saturated carbocycles. The third-order valence-electron chi connectivity index (χ3n) is 9.97. The molecule has 42 heavy (non-hydrogen) atoms. The van der Waals surface area contributed by atoms with Gasteiger partial charge in [0.1, 0.15) is 0 Å². The van der Waals surface area contributed by atoms with Crippen LogP contribution in [0.15, 0.2) is 84.5 Å². The van der Waals surface area contributed by atoms with Crippen molar-refractivity contribution < 1.29 is 0 Å². The summed E-state index contributed by atoms with van der Waals surface area (Å²) in [5, 5.41) is 0. The highest BCUT2D eigenvalue weighted by atomic mass is 14.5. The highest BCUT2D eigenvalue weighted by molar-refractivity contribution is 5.80. The van der Waals surface area contributed by atoms with Crippen molar-refractivity contribution in [1.29, 1.82) is 0 Å². The predicted octanol–water partition coefficient (Wildman–Crippen LogP) is 11.9. The summed E-state index contributed by atoms with van der Waals surface area (Å²) in [5.74, 6) is 0.319. The molecule has 2 aliphatic rings. The topological polar surface area (TPSA) is 0 Å².